The summed E-state index contributed by atoms with van der Waals surface area (Å²) in [4.78, 5) is 0. The summed E-state index contributed by atoms with van der Waals surface area (Å²) in [6.07, 6.45) is 13.8. The van der Waals surface area contributed by atoms with Crippen molar-refractivity contribution >= 4 is 59.5 Å². The van der Waals surface area contributed by atoms with E-state index < -0.39 is 11.4 Å². The molecule has 0 aromatic carbocycles. The number of rotatable bonds is 20. The second-order valence-electron chi connectivity index (χ2n) is 9.13. The fourth-order valence-electron chi connectivity index (χ4n) is 3.11. The quantitative estimate of drug-likeness (QED) is 0.0726. The maximum atomic E-state index is 5.71. The van der Waals surface area contributed by atoms with Gasteiger partial charge in [0.15, 0.2) is 0 Å². The van der Waals surface area contributed by atoms with E-state index in [-0.39, 0.29) is 43.9 Å². The molecule has 0 radical (unpaired) electrons. The molecule has 0 aliphatic carbocycles. The van der Waals surface area contributed by atoms with E-state index in [4.69, 9.17) is 66.2 Å². The molecule has 0 amide bonds. The molecule has 0 saturated carbocycles. The van der Waals surface area contributed by atoms with E-state index in [1.807, 2.05) is 27.7 Å². The molecule has 0 aliphatic rings. The van der Waals surface area contributed by atoms with Crippen LogP contribution in [0.2, 0.25) is 0 Å². The third-order valence-electron chi connectivity index (χ3n) is 5.09. The summed E-state index contributed by atoms with van der Waals surface area (Å²) < 4.78 is 22.8. The molecule has 0 spiro atoms. The van der Waals surface area contributed by atoms with Gasteiger partial charge in [0.2, 0.25) is 0 Å². The van der Waals surface area contributed by atoms with Gasteiger partial charge in [0.05, 0.1) is 35.8 Å². The van der Waals surface area contributed by atoms with Gasteiger partial charge in [0.25, 0.3) is 0 Å². The topological polar surface area (TPSA) is 36.9 Å². The van der Waals surface area contributed by atoms with Gasteiger partial charge in [-0.3, -0.25) is 0 Å². The molecule has 4 unspecified atom stereocenters. The first kappa shape index (κ1) is 41.9. The van der Waals surface area contributed by atoms with Gasteiger partial charge in [-0.2, -0.15) is 0 Å². The summed E-state index contributed by atoms with van der Waals surface area (Å²) in [6, 6.07) is 0. The maximum Gasteiger partial charge on any atom is 2.00 e. The predicted octanol–water partition coefficient (Wildman–Crippen LogP) is 9.89. The van der Waals surface area contributed by atoms with Crippen molar-refractivity contribution in [2.45, 2.75) is 157 Å². The minimum absolute atomic E-state index is 0. The van der Waals surface area contributed by atoms with E-state index in [0.717, 1.165) is 51.4 Å². The van der Waals surface area contributed by atoms with Crippen LogP contribution in [0, 0.1) is 0 Å². The van der Waals surface area contributed by atoms with Crippen LogP contribution in [0.3, 0.4) is 0 Å². The minimum atomic E-state index is -2.47. The predicted molar refractivity (Wildman–Crippen MR) is 164 cm³/mol. The first-order chi connectivity index (χ1) is 15.8. The Morgan fingerprint density at radius 1 is 0.514 bits per heavy atom. The Labute approximate surface area is 252 Å². The van der Waals surface area contributed by atoms with Crippen molar-refractivity contribution in [2.24, 2.45) is 0 Å². The molecule has 0 fully saturated rings. The van der Waals surface area contributed by atoms with Crippen molar-refractivity contribution in [1.29, 1.82) is 0 Å². The van der Waals surface area contributed by atoms with Crippen LogP contribution in [0.1, 0.15) is 132 Å². The van der Waals surface area contributed by atoms with Crippen molar-refractivity contribution in [1.82, 2.24) is 0 Å². The van der Waals surface area contributed by atoms with E-state index in [0.29, 0.717) is 0 Å². The van der Waals surface area contributed by atoms with Crippen LogP contribution in [-0.4, -0.2) is 24.4 Å². The van der Waals surface area contributed by atoms with Gasteiger partial charge in [-0.25, -0.2) is 0 Å². The standard InChI is InChI=1S/2C12H27O2PS2.Zn/c2*1-5-7-9-11(3)13-15(16,17)14-12(4)10-8-6-2;/h2*11-12H,5-10H2,1-4H3,(H,16,17);/q;;+2/p-2. The Kier molecular flexibility index (Phi) is 30.5. The first-order valence-electron chi connectivity index (χ1n) is 13.2. The average Bonchev–Trinajstić information content (AvgIpc) is 2.72. The van der Waals surface area contributed by atoms with Crippen LogP contribution in [0.15, 0.2) is 0 Å². The Morgan fingerprint density at radius 2 is 0.686 bits per heavy atom. The van der Waals surface area contributed by atoms with E-state index >= 15 is 0 Å². The molecular weight excluding hydrogens is 608 g/mol. The van der Waals surface area contributed by atoms with Crippen molar-refractivity contribution in [3.63, 3.8) is 0 Å². The monoisotopic (exact) mass is 658 g/mol. The number of hydrogen-bond donors (Lipinski definition) is 0. The van der Waals surface area contributed by atoms with Crippen LogP contribution in [0.25, 0.3) is 0 Å². The molecule has 35 heavy (non-hydrogen) atoms. The maximum absolute atomic E-state index is 5.71. The molecule has 0 bridgehead atoms. The van der Waals surface area contributed by atoms with Crippen LogP contribution < -0.4 is 0 Å². The van der Waals surface area contributed by atoms with Crippen molar-refractivity contribution in [2.75, 3.05) is 0 Å². The van der Waals surface area contributed by atoms with Crippen LogP contribution in [0.5, 0.6) is 0 Å². The molecule has 11 heteroatoms. The van der Waals surface area contributed by atoms with Gasteiger partial charge >= 0.3 is 19.5 Å². The molecule has 4 nitrogen and oxygen atoms in total. The summed E-state index contributed by atoms with van der Waals surface area (Å²) in [5.41, 5.74) is -4.94. The van der Waals surface area contributed by atoms with Crippen LogP contribution in [0.4, 0.5) is 0 Å². The fraction of sp³-hybridized carbons (Fsp3) is 1.00. The largest absolute Gasteiger partial charge is 2.00 e. The van der Waals surface area contributed by atoms with Crippen LogP contribution in [-0.2, 0) is 85.7 Å². The Balaban J connectivity index is -0.000000569. The van der Waals surface area contributed by atoms with E-state index in [9.17, 15) is 0 Å². The van der Waals surface area contributed by atoms with Gasteiger partial charge in [-0.1, -0.05) is 103 Å². The summed E-state index contributed by atoms with van der Waals surface area (Å²) in [5, 5.41) is 0. The zero-order chi connectivity index (χ0) is 26.6. The van der Waals surface area contributed by atoms with Crippen molar-refractivity contribution in [3.05, 3.63) is 0 Å². The summed E-state index contributed by atoms with van der Waals surface area (Å²) in [5.74, 6) is 0. The summed E-state index contributed by atoms with van der Waals surface area (Å²) >= 11 is 21.1. The Morgan fingerprint density at radius 3 is 0.829 bits per heavy atom. The van der Waals surface area contributed by atoms with Gasteiger partial charge in [0, 0.05) is 0 Å². The molecule has 0 aliphatic heterocycles. The smallest absolute Gasteiger partial charge is 0.691 e. The zero-order valence-corrected chi connectivity index (χ0v) is 31.7. The van der Waals surface area contributed by atoms with Crippen molar-refractivity contribution < 1.29 is 37.6 Å². The molecule has 0 aromatic rings. The second kappa shape index (κ2) is 25.4. The first-order valence-corrected chi connectivity index (χ1v) is 20.5. The second-order valence-corrected chi connectivity index (χ2v) is 18.9. The molecule has 0 aromatic heterocycles. The SMILES string of the molecule is CCCCC(C)OP(=S)([S-])OC(C)CCCC.CCCCC(C)OP(=S)([S-])OC(C)CCCC.[Zn+2]. The zero-order valence-electron chi connectivity index (χ0n) is 23.7. The molecule has 0 saturated heterocycles. The Hall–Kier alpha value is 2.46. The summed E-state index contributed by atoms with van der Waals surface area (Å²) in [6.45, 7) is 16.8. The average molecular weight is 660 g/mol. The molecule has 0 heterocycles. The minimum Gasteiger partial charge on any atom is -0.691 e. The molecule has 208 valence electrons. The van der Waals surface area contributed by atoms with E-state index in [1.54, 1.807) is 0 Å². The fourth-order valence-corrected chi connectivity index (χ4v) is 8.92. The van der Waals surface area contributed by atoms with Gasteiger partial charge in [-0.15, -0.1) is 0 Å². The van der Waals surface area contributed by atoms with Crippen LogP contribution >= 0.6 is 11.4 Å². The van der Waals surface area contributed by atoms with Gasteiger partial charge in [0.1, 0.15) is 0 Å². The molecule has 4 atom stereocenters. The van der Waals surface area contributed by atoms with Gasteiger partial charge < -0.3 is 42.6 Å². The van der Waals surface area contributed by atoms with Gasteiger partial charge in [-0.05, 0) is 53.4 Å². The molecular formula is C24H52O4P2S4Zn. The van der Waals surface area contributed by atoms with E-state index in [1.165, 1.54) is 25.7 Å². The molecule has 0 rings (SSSR count). The van der Waals surface area contributed by atoms with Crippen molar-refractivity contribution in [3.8, 4) is 0 Å². The normalized spacial score (nSPS) is 18.1. The Bertz CT molecular complexity index is 488. The third-order valence-corrected chi connectivity index (χ3v) is 9.63. The molecule has 0 N–H and O–H groups in total. The summed E-state index contributed by atoms with van der Waals surface area (Å²) in [7, 11) is 0. The number of unbranched alkanes of at least 4 members (excludes halogenated alkanes) is 4. The third kappa shape index (κ3) is 29.3. The number of hydrogen-bond acceptors (Lipinski definition) is 8. The van der Waals surface area contributed by atoms with E-state index in [2.05, 4.69) is 27.7 Å².